The lowest BCUT2D eigenvalue weighted by molar-refractivity contribution is 0.0435. The van der Waals surface area contributed by atoms with Gasteiger partial charge in [-0.25, -0.2) is 63.5 Å². The van der Waals surface area contributed by atoms with Crippen molar-refractivity contribution in [2.75, 3.05) is 128 Å². The average Bonchev–Trinajstić information content (AvgIpc) is 1.61. The Morgan fingerprint density at radius 2 is 0.723 bits per heavy atom. The van der Waals surface area contributed by atoms with E-state index in [0.29, 0.717) is 30.8 Å². The molecule has 2 amide bonds. The number of nitrogens with zero attached hydrogens (tertiary/aromatic N) is 22. The molecule has 0 saturated carbocycles. The number of alkyl carbamates (subject to hydrolysis) is 2. The number of amides is 2. The van der Waals surface area contributed by atoms with Gasteiger partial charge in [0.2, 0.25) is 0 Å². The summed E-state index contributed by atoms with van der Waals surface area (Å²) in [7, 11) is 5.01. The van der Waals surface area contributed by atoms with E-state index in [0.717, 1.165) is 281 Å². The molecule has 6 aromatic carbocycles. The molecule has 7 aromatic heterocycles. The summed E-state index contributed by atoms with van der Waals surface area (Å²) in [6.45, 7) is 31.4. The molecule has 21 rings (SSSR count). The fourth-order valence-corrected chi connectivity index (χ4v) is 19.9. The van der Waals surface area contributed by atoms with E-state index in [-0.39, 0.29) is 46.7 Å². The highest BCUT2D eigenvalue weighted by Crippen LogP contribution is 2.42. The van der Waals surface area contributed by atoms with Gasteiger partial charge in [0.25, 0.3) is 0 Å². The number of aromatic nitrogens is 14. The van der Waals surface area contributed by atoms with E-state index in [9.17, 15) is 9.59 Å². The maximum Gasteiger partial charge on any atom is 0.408 e. The molecule has 13 aromatic rings. The van der Waals surface area contributed by atoms with Crippen molar-refractivity contribution in [1.82, 2.24) is 79.8 Å². The summed E-state index contributed by atoms with van der Waals surface area (Å²) in [6.07, 6.45) is 20.2. The zero-order valence-electron chi connectivity index (χ0n) is 83.3. The second kappa shape index (κ2) is 42.0. The zero-order valence-corrected chi connectivity index (χ0v) is 85.7. The van der Waals surface area contributed by atoms with Crippen LogP contribution in [0, 0.1) is 0 Å². The Labute approximate surface area is 839 Å². The number of carbonyl (C=O) groups is 2. The van der Waals surface area contributed by atoms with Gasteiger partial charge < -0.3 is 80.1 Å². The summed E-state index contributed by atoms with van der Waals surface area (Å²) in [5, 5.41) is 21.0. The second-order valence-electron chi connectivity index (χ2n) is 41.1. The van der Waals surface area contributed by atoms with E-state index in [1.165, 1.54) is 33.8 Å². The second-order valence-corrected chi connectivity index (χ2v) is 41.9. The number of benzene rings is 6. The van der Waals surface area contributed by atoms with Gasteiger partial charge in [-0.2, -0.15) is 15.3 Å². The normalized spacial score (nSPS) is 17.3. The topological polar surface area (TPSA) is 348 Å². The van der Waals surface area contributed by atoms with Gasteiger partial charge in [-0.05, 0) is 263 Å². The number of rotatable bonds is 17. The van der Waals surface area contributed by atoms with Crippen molar-refractivity contribution < 1.29 is 33.3 Å². The number of nitrogens with one attached hydrogen (secondary N) is 2. The molecule has 33 nitrogen and oxygen atoms in total. The summed E-state index contributed by atoms with van der Waals surface area (Å²) >= 11 is 3.51. The number of piperidine rings is 4. The molecule has 0 aliphatic carbocycles. The number of aryl methyl sites for hydroxylation is 3. The minimum atomic E-state index is -0.532. The van der Waals surface area contributed by atoms with Crippen LogP contribution in [0.25, 0.3) is 33.5 Å². The van der Waals surface area contributed by atoms with Crippen molar-refractivity contribution >= 4 is 132 Å². The molecule has 742 valence electrons. The predicted octanol–water partition coefficient (Wildman–Crippen LogP) is 17.6. The number of carbonyl (C=O) groups excluding carboxylic acids is 2. The first kappa shape index (κ1) is 99.5. The highest BCUT2D eigenvalue weighted by Gasteiger charge is 2.39. The van der Waals surface area contributed by atoms with Crippen LogP contribution in [-0.4, -0.2) is 214 Å². The molecule has 0 bridgehead atoms. The fourth-order valence-electron chi connectivity index (χ4n) is 19.5. The van der Waals surface area contributed by atoms with Gasteiger partial charge in [-0.1, -0.05) is 91.0 Å². The maximum atomic E-state index is 12.5. The minimum Gasteiger partial charge on any atom is -0.497 e. The van der Waals surface area contributed by atoms with Crippen molar-refractivity contribution in [3.8, 4) is 17.2 Å². The zero-order chi connectivity index (χ0) is 97.8. The average molecular weight is 2000 g/mol. The van der Waals surface area contributed by atoms with Crippen molar-refractivity contribution in [2.24, 2.45) is 16.5 Å². The Balaban J connectivity index is 0.000000131. The lowest BCUT2D eigenvalue weighted by atomic mass is 9.90. The summed E-state index contributed by atoms with van der Waals surface area (Å²) in [6, 6.07) is 49.8. The number of para-hydroxylation sites is 3. The number of hydrogen-bond donors (Lipinski definition) is 4. The highest BCUT2D eigenvalue weighted by molar-refractivity contribution is 9.10. The van der Waals surface area contributed by atoms with Crippen LogP contribution < -0.4 is 70.6 Å². The number of ether oxygens (including phenoxy) is 5. The van der Waals surface area contributed by atoms with Crippen LogP contribution in [0.5, 0.6) is 17.2 Å². The van der Waals surface area contributed by atoms with Gasteiger partial charge in [0.05, 0.1) is 78.0 Å². The molecule has 0 spiro atoms. The van der Waals surface area contributed by atoms with Crippen molar-refractivity contribution in [3.63, 3.8) is 0 Å². The van der Waals surface area contributed by atoms with E-state index in [1.54, 1.807) is 27.5 Å². The van der Waals surface area contributed by atoms with Crippen LogP contribution in [0.2, 0.25) is 0 Å². The highest BCUT2D eigenvalue weighted by atomic mass is 79.9. The molecule has 15 heterocycles. The van der Waals surface area contributed by atoms with Crippen LogP contribution in [0.3, 0.4) is 0 Å². The Morgan fingerprint density at radius 3 is 1.09 bits per heavy atom. The number of anilines is 9. The van der Waals surface area contributed by atoms with Crippen molar-refractivity contribution in [3.05, 3.63) is 220 Å². The van der Waals surface area contributed by atoms with E-state index >= 15 is 0 Å². The van der Waals surface area contributed by atoms with E-state index in [2.05, 4.69) is 196 Å². The minimum absolute atomic E-state index is 0. The first-order chi connectivity index (χ1) is 67.3. The lowest BCUT2D eigenvalue weighted by Crippen LogP contribution is -2.54. The Morgan fingerprint density at radius 1 is 0.404 bits per heavy atom. The van der Waals surface area contributed by atoms with Crippen LogP contribution in [0.4, 0.5) is 61.6 Å². The van der Waals surface area contributed by atoms with Gasteiger partial charge in [0.15, 0.2) is 50.0 Å². The Hall–Kier alpha value is -13.1. The van der Waals surface area contributed by atoms with Crippen molar-refractivity contribution in [1.29, 1.82) is 0 Å². The smallest absolute Gasteiger partial charge is 0.408 e. The Kier molecular flexibility index (Phi) is 29.6. The van der Waals surface area contributed by atoms with Gasteiger partial charge >= 0.3 is 12.2 Å². The van der Waals surface area contributed by atoms with Gasteiger partial charge in [0, 0.05) is 111 Å². The van der Waals surface area contributed by atoms with E-state index < -0.39 is 11.2 Å². The number of aliphatic imine (C=N–C) groups is 1. The third-order valence-electron chi connectivity index (χ3n) is 27.7. The molecule has 6 N–H and O–H groups in total. The lowest BCUT2D eigenvalue weighted by Gasteiger charge is -2.40. The molecule has 0 atom stereocenters. The molecule has 0 unspecified atom stereocenters. The summed E-state index contributed by atoms with van der Waals surface area (Å²) in [4.78, 5) is 84.9. The monoisotopic (exact) mass is 1990 g/mol. The largest absolute Gasteiger partial charge is 0.497 e. The molecule has 8 aliphatic heterocycles. The molecule has 4 saturated heterocycles. The number of nitrogens with two attached hydrogens (primary N) is 2. The molecular weight excluding hydrogens is 1860 g/mol. The van der Waals surface area contributed by atoms with Gasteiger partial charge in [0.1, 0.15) is 62.9 Å². The number of methoxy groups -OCH3 is 3. The van der Waals surface area contributed by atoms with Crippen LogP contribution in [-0.2, 0) is 54.9 Å². The third-order valence-corrected chi connectivity index (χ3v) is 28.2. The predicted molar refractivity (Wildman–Crippen MR) is 562 cm³/mol. The molecule has 141 heavy (non-hydrogen) atoms. The molecular formula is C106H132BrClN26O7. The maximum absolute atomic E-state index is 12.5. The van der Waals surface area contributed by atoms with Crippen LogP contribution >= 0.6 is 28.3 Å². The summed E-state index contributed by atoms with van der Waals surface area (Å²) in [5.41, 5.74) is 28.4. The van der Waals surface area contributed by atoms with E-state index in [1.807, 2.05) is 123 Å². The third kappa shape index (κ3) is 23.4. The number of halogens is 2. The quantitative estimate of drug-likeness (QED) is 0.0658. The van der Waals surface area contributed by atoms with Gasteiger partial charge in [-0.15, -0.1) is 12.4 Å². The fraction of sp³-hybridized carbons (Fsp3) is 0.453. The molecule has 0 radical (unpaired) electrons. The molecule has 4 fully saturated rings. The SMILES string of the molecule is CC1(N)CCN(c2cnc3c(n2)CN=C3N2CCCc3ccccc32)CC1.COc1ccc(Cn2nc(Br)c3ncc(N4CCC(C)(NC(=O)OC(C)(C)C)CC4)nc32)cc1.COc1ccc(Cn2nc(N3CCCc4ccccc43)c3ncc(N4CCC(C)(N)CC4)nc32)cc1.COc1ccc(Cn2nc(N3CCCc4ccccc43)c3ncc(N4CCC(C)(NC(=O)OC(C)(C)C)CC4)nc32)cc1.Cl. The standard InChI is InChI=1S/C33H41N7O3.C28H33N7O.C24H31BrN6O3.C21H26N6.ClH/c1-32(2,3)43-31(41)36-33(4)16-19-38(20-17-33)27-21-34-28-29(35-27)40(22-23-12-14-25(42-5)15-13-23)37-30(28)39-18-8-10-24-9-6-7-11-26(24)39;1-28(29)13-16-33(17-14-28)24-18-30-25-26(31-24)35(19-20-9-11-22(36-2)12-10-20)32-27(25)34-15-5-7-21-6-3-4-8-23(21)34;1-23(2,3)34-22(32)28-24(4)10-12-30(13-11-24)18-14-26-19-20(25)29-31(21(19)27-18)15-16-6-8-17(33-5)9-7-16;1-21(22)8-11-26(12-9-21)18-14-23-19-16(25-18)13-24-20(19)27-10-4-6-15-5-2-3-7-17(15)27;/h6-7,9,11-15,21H,8,10,16-20,22H2,1-5H3,(H,36,41);3-4,6,8-12,18H,5,7,13-17,19,29H2,1-2H3;6-9,14H,10-13,15H2,1-5H3,(H,28,32);2-3,5,7,14H,4,6,8-13,22H2,1H3;1H. The first-order valence-electron chi connectivity index (χ1n) is 49.1. The van der Waals surface area contributed by atoms with Gasteiger partial charge in [-0.3, -0.25) is 4.99 Å². The number of fused-ring (bicyclic) bond motifs is 7. The van der Waals surface area contributed by atoms with Crippen molar-refractivity contribution in [2.45, 2.75) is 219 Å². The van der Waals surface area contributed by atoms with E-state index in [4.69, 9.17) is 85.2 Å². The first-order valence-corrected chi connectivity index (χ1v) is 49.9. The van der Waals surface area contributed by atoms with Crippen LogP contribution in [0.1, 0.15) is 185 Å². The summed E-state index contributed by atoms with van der Waals surface area (Å²) in [5.74, 6) is 8.62. The summed E-state index contributed by atoms with van der Waals surface area (Å²) < 4.78 is 33.4. The number of amidine groups is 1. The van der Waals surface area contributed by atoms with Crippen LogP contribution in [0.15, 0.2) is 180 Å². The molecule has 35 heteroatoms. The molecule has 8 aliphatic rings. The Bertz CT molecular complexity index is 6600. The number of hydrogen-bond acceptors (Lipinski definition) is 28.